The van der Waals surface area contributed by atoms with Gasteiger partial charge >= 0.3 is 0 Å². The lowest BCUT2D eigenvalue weighted by molar-refractivity contribution is -0.227. The number of nitrogens with zero attached hydrogens (tertiary/aromatic N) is 5. The van der Waals surface area contributed by atoms with E-state index in [2.05, 4.69) is 60.0 Å². The SMILES string of the molecule is C=CCN(CC(=O)N(CCCCCCCC)CCC[C@@H](C)[C@H]1CC[C@H]2C3[C@H](OCCCN)CC4C[C@H](OCCCN)CC[C@]4(C)[C@H]3C[C@H](OCCCN)[C@]12C)C(=O)CCCCCNc1ccc(N=O)c2nonc12. The monoisotopic (exact) mass is 1030 g/mol. The highest BCUT2D eigenvalue weighted by atomic mass is 16.6. The third-order valence-electron chi connectivity index (χ3n) is 18.6. The molecule has 2 unspecified atom stereocenters. The Morgan fingerprint density at radius 2 is 1.53 bits per heavy atom. The maximum atomic E-state index is 14.4. The van der Waals surface area contributed by atoms with Crippen LogP contribution in [0.15, 0.2) is 34.6 Å². The maximum Gasteiger partial charge on any atom is 0.242 e. The lowest BCUT2D eigenvalue weighted by atomic mass is 9.43. The van der Waals surface area contributed by atoms with Crippen LogP contribution in [0.3, 0.4) is 0 Å². The van der Waals surface area contributed by atoms with Gasteiger partial charge in [-0.05, 0) is 184 Å². The molecule has 4 fully saturated rings. The molecule has 4 aliphatic rings. The van der Waals surface area contributed by atoms with Crippen LogP contribution in [0.1, 0.15) is 169 Å². The van der Waals surface area contributed by atoms with E-state index < -0.39 is 0 Å². The summed E-state index contributed by atoms with van der Waals surface area (Å²) in [6.45, 7) is 20.4. The Morgan fingerprint density at radius 3 is 2.27 bits per heavy atom. The summed E-state index contributed by atoms with van der Waals surface area (Å²) in [5.41, 5.74) is 19.9. The van der Waals surface area contributed by atoms with Crippen LogP contribution in [0.5, 0.6) is 0 Å². The van der Waals surface area contributed by atoms with Gasteiger partial charge in [0.25, 0.3) is 0 Å². The van der Waals surface area contributed by atoms with Gasteiger partial charge in [-0.25, -0.2) is 4.63 Å². The van der Waals surface area contributed by atoms with Gasteiger partial charge in [0.2, 0.25) is 11.8 Å². The van der Waals surface area contributed by atoms with E-state index in [1.54, 1.807) is 23.1 Å². The minimum absolute atomic E-state index is 0.00325. The number of aromatic nitrogens is 2. The van der Waals surface area contributed by atoms with E-state index in [-0.39, 0.29) is 53.2 Å². The fourth-order valence-electron chi connectivity index (χ4n) is 14.5. The van der Waals surface area contributed by atoms with Crippen LogP contribution in [0, 0.1) is 51.2 Å². The fourth-order valence-corrected chi connectivity index (χ4v) is 14.5. The quantitative estimate of drug-likeness (QED) is 0.0283. The minimum atomic E-state index is -0.0248. The van der Waals surface area contributed by atoms with Crippen molar-refractivity contribution in [2.24, 2.45) is 68.7 Å². The number of fused-ring (bicyclic) bond motifs is 6. The van der Waals surface area contributed by atoms with E-state index in [1.165, 1.54) is 44.9 Å². The summed E-state index contributed by atoms with van der Waals surface area (Å²) in [6, 6.07) is 3.34. The van der Waals surface area contributed by atoms with Crippen LogP contribution in [0.2, 0.25) is 0 Å². The van der Waals surface area contributed by atoms with Crippen molar-refractivity contribution in [1.82, 2.24) is 20.1 Å². The Kier molecular flexibility index (Phi) is 24.5. The molecule has 0 spiro atoms. The molecule has 0 radical (unpaired) electrons. The van der Waals surface area contributed by atoms with Crippen LogP contribution >= 0.6 is 0 Å². The first-order valence-corrected chi connectivity index (χ1v) is 29.4. The molecule has 0 saturated heterocycles. The van der Waals surface area contributed by atoms with E-state index >= 15 is 0 Å². The Bertz CT molecular complexity index is 2010. The first-order chi connectivity index (χ1) is 36.0. The molecule has 4 aliphatic carbocycles. The summed E-state index contributed by atoms with van der Waals surface area (Å²) < 4.78 is 25.4. The highest BCUT2D eigenvalue weighted by molar-refractivity contribution is 5.94. The van der Waals surface area contributed by atoms with Crippen LogP contribution in [0.4, 0.5) is 11.4 Å². The van der Waals surface area contributed by atoms with E-state index in [1.807, 2.05) is 0 Å². The number of nitrogens with one attached hydrogen (secondary N) is 1. The Morgan fingerprint density at radius 1 is 0.824 bits per heavy atom. The van der Waals surface area contributed by atoms with Gasteiger partial charge in [-0.15, -0.1) is 11.5 Å². The van der Waals surface area contributed by atoms with Crippen molar-refractivity contribution in [3.63, 3.8) is 0 Å². The number of rotatable bonds is 36. The summed E-state index contributed by atoms with van der Waals surface area (Å²) in [6.07, 6.45) is 24.5. The minimum Gasteiger partial charge on any atom is -0.383 e. The zero-order valence-corrected chi connectivity index (χ0v) is 46.3. The summed E-state index contributed by atoms with van der Waals surface area (Å²) in [4.78, 5) is 42.9. The molecular formula is C58H99N9O7. The Labute approximate surface area is 444 Å². The second-order valence-corrected chi connectivity index (χ2v) is 23.2. The molecule has 2 aromatic rings. The molecular weight excluding hydrogens is 935 g/mol. The molecule has 4 saturated carbocycles. The average molecular weight is 1030 g/mol. The normalized spacial score (nSPS) is 27.8. The predicted molar refractivity (Wildman–Crippen MR) is 296 cm³/mol. The summed E-state index contributed by atoms with van der Waals surface area (Å²) in [5, 5.41) is 14.1. The van der Waals surface area contributed by atoms with Gasteiger partial charge in [-0.1, -0.05) is 72.3 Å². The van der Waals surface area contributed by atoms with Gasteiger partial charge in [-0.3, -0.25) is 9.59 Å². The largest absolute Gasteiger partial charge is 0.383 e. The van der Waals surface area contributed by atoms with E-state index in [0.29, 0.717) is 124 Å². The van der Waals surface area contributed by atoms with Gasteiger partial charge < -0.3 is 46.5 Å². The number of benzene rings is 1. The van der Waals surface area contributed by atoms with Crippen molar-refractivity contribution in [2.45, 2.75) is 187 Å². The molecule has 418 valence electrons. The maximum absolute atomic E-state index is 14.4. The molecule has 16 heteroatoms. The van der Waals surface area contributed by atoms with Gasteiger partial charge in [0, 0.05) is 57.8 Å². The third-order valence-corrected chi connectivity index (χ3v) is 18.6. The topological polar surface area (TPSA) is 227 Å². The lowest BCUT2D eigenvalue weighted by Crippen LogP contribution is -2.63. The number of nitroso groups, excluding NO2 is 1. The highest BCUT2D eigenvalue weighted by Crippen LogP contribution is 2.69. The molecule has 11 atom stereocenters. The summed E-state index contributed by atoms with van der Waals surface area (Å²) in [7, 11) is 0. The van der Waals surface area contributed by atoms with Gasteiger partial charge in [-0.2, -0.15) is 0 Å². The van der Waals surface area contributed by atoms with Crippen LogP contribution in [0.25, 0.3) is 11.0 Å². The van der Waals surface area contributed by atoms with E-state index in [4.69, 9.17) is 36.0 Å². The molecule has 0 aliphatic heterocycles. The molecule has 16 nitrogen and oxygen atoms in total. The first-order valence-electron chi connectivity index (χ1n) is 29.4. The number of carbonyl (C=O) groups is 2. The molecule has 2 amide bonds. The molecule has 7 N–H and O–H groups in total. The second kappa shape index (κ2) is 30.4. The standard InChI is InChI=1S/C58H99N9O7/c1-6-8-9-10-11-15-33-66(53(69)41-67(32-7-2)52(68)21-13-12-14-31-62-48-24-25-49(63-70)56-55(48)64-74-65-56)34-16-20-42(3)45-22-23-46-54-47(40-51(58(45,46)5)73-37-19-30-61)57(4)27-26-44(71-35-17-28-59)38-43(57)39-50(54)72-36-18-29-60/h7,24-25,42-47,50-51,54,62H,2,6,8-23,26-41,59-61H2,1,3-5H3/t42-,43?,44-,45-,46+,47+,50-,51+,54?,57+,58-/m1/s1. The third kappa shape index (κ3) is 15.1. The number of amides is 2. The number of ether oxygens (including phenoxy) is 3. The van der Waals surface area contributed by atoms with Crippen molar-refractivity contribution < 1.29 is 28.4 Å². The number of hydrogen-bond donors (Lipinski definition) is 4. The lowest BCUT2D eigenvalue weighted by Gasteiger charge is -2.65. The van der Waals surface area contributed by atoms with E-state index in [0.717, 1.165) is 90.1 Å². The molecule has 74 heavy (non-hydrogen) atoms. The van der Waals surface area contributed by atoms with Gasteiger partial charge in [0.05, 0.1) is 24.0 Å². The Hall–Kier alpha value is -3.54. The zero-order chi connectivity index (χ0) is 52.9. The summed E-state index contributed by atoms with van der Waals surface area (Å²) >= 11 is 0. The van der Waals surface area contributed by atoms with Crippen LogP contribution < -0.4 is 22.5 Å². The van der Waals surface area contributed by atoms with Crippen molar-refractivity contribution in [3.05, 3.63) is 29.7 Å². The number of carbonyl (C=O) groups excluding carboxylic acids is 2. The molecule has 1 heterocycles. The van der Waals surface area contributed by atoms with Gasteiger partial charge in [0.1, 0.15) is 12.2 Å². The van der Waals surface area contributed by atoms with Crippen molar-refractivity contribution >= 4 is 34.2 Å². The van der Waals surface area contributed by atoms with Crippen LogP contribution in [-0.4, -0.2) is 122 Å². The fraction of sp³-hybridized carbons (Fsp3) is 0.828. The average Bonchev–Trinajstić information content (AvgIpc) is 4.04. The van der Waals surface area contributed by atoms with Crippen molar-refractivity contribution in [2.75, 3.05) is 77.5 Å². The summed E-state index contributed by atoms with van der Waals surface area (Å²) in [5.74, 6) is 2.99. The van der Waals surface area contributed by atoms with Crippen molar-refractivity contribution in [1.29, 1.82) is 0 Å². The number of unbranched alkanes of at least 4 members (excludes halogenated alkanes) is 7. The smallest absolute Gasteiger partial charge is 0.242 e. The number of anilines is 1. The Balaban J connectivity index is 1.08. The van der Waals surface area contributed by atoms with Gasteiger partial charge in [0.15, 0.2) is 11.0 Å². The molecule has 1 aromatic carbocycles. The number of nitrogens with two attached hydrogens (primary N) is 3. The van der Waals surface area contributed by atoms with Crippen molar-refractivity contribution in [3.8, 4) is 0 Å². The molecule has 6 rings (SSSR count). The zero-order valence-electron chi connectivity index (χ0n) is 46.3. The predicted octanol–water partition coefficient (Wildman–Crippen LogP) is 10.3. The molecule has 1 aromatic heterocycles. The second-order valence-electron chi connectivity index (χ2n) is 23.2. The van der Waals surface area contributed by atoms with Crippen LogP contribution in [-0.2, 0) is 23.8 Å². The highest BCUT2D eigenvalue weighted by Gasteiger charge is 2.66. The first kappa shape index (κ1) is 59.7. The van der Waals surface area contributed by atoms with E-state index in [9.17, 15) is 14.5 Å². The molecule has 0 bridgehead atoms. The number of hydrogen-bond acceptors (Lipinski definition) is 14.